The Bertz CT molecular complexity index is 170. The fraction of sp³-hybridized carbons (Fsp3) is 1.00. The van der Waals surface area contributed by atoms with Gasteiger partial charge < -0.3 is 13.3 Å². The van der Waals surface area contributed by atoms with Gasteiger partial charge in [-0.2, -0.15) is 0 Å². The van der Waals surface area contributed by atoms with Gasteiger partial charge in [-0.15, -0.1) is 0 Å². The van der Waals surface area contributed by atoms with Crippen molar-refractivity contribution in [3.05, 3.63) is 0 Å². The molecule has 1 fully saturated rings. The molecule has 15 heavy (non-hydrogen) atoms. The van der Waals surface area contributed by atoms with E-state index in [2.05, 4.69) is 6.92 Å². The van der Waals surface area contributed by atoms with E-state index in [9.17, 15) is 0 Å². The molecular weight excluding hydrogens is 208 g/mol. The molecule has 0 heterocycles. The first-order chi connectivity index (χ1) is 7.20. The maximum atomic E-state index is 5.88. The predicted octanol–water partition coefficient (Wildman–Crippen LogP) is 2.83. The second-order valence-electron chi connectivity index (χ2n) is 4.06. The van der Waals surface area contributed by atoms with Crippen molar-refractivity contribution in [1.29, 1.82) is 0 Å². The summed E-state index contributed by atoms with van der Waals surface area (Å²) in [6, 6.07) is 0. The molecule has 2 unspecified atom stereocenters. The Morgan fingerprint density at radius 2 is 1.40 bits per heavy atom. The Labute approximate surface area is 94.5 Å². The molecule has 0 amide bonds. The second kappa shape index (κ2) is 5.99. The zero-order valence-corrected chi connectivity index (χ0v) is 11.4. The Morgan fingerprint density at radius 1 is 0.933 bits per heavy atom. The average molecular weight is 232 g/mol. The largest absolute Gasteiger partial charge is 0.504 e. The van der Waals surface area contributed by atoms with E-state index in [0.29, 0.717) is 31.3 Å². The van der Waals surface area contributed by atoms with Gasteiger partial charge in [0, 0.05) is 25.4 Å². The number of rotatable bonds is 7. The molecule has 0 aromatic carbocycles. The van der Waals surface area contributed by atoms with Crippen LogP contribution in [0, 0.1) is 5.92 Å². The van der Waals surface area contributed by atoms with Crippen LogP contribution in [-0.4, -0.2) is 28.6 Å². The maximum Gasteiger partial charge on any atom is 0.504 e. The standard InChI is InChI=1S/C11H24O3Si/c1-5-12-15(13-6-2,14-7-3)11-9-8-10(11)4/h10-11H,5-9H2,1-4H3. The zero-order valence-electron chi connectivity index (χ0n) is 10.4. The van der Waals surface area contributed by atoms with Crippen LogP contribution >= 0.6 is 0 Å². The van der Waals surface area contributed by atoms with Crippen LogP contribution in [-0.2, 0) is 13.3 Å². The van der Waals surface area contributed by atoms with Crippen LogP contribution in [0.4, 0.5) is 0 Å². The zero-order chi connectivity index (χ0) is 11.3. The van der Waals surface area contributed by atoms with Crippen LogP contribution in [0.5, 0.6) is 0 Å². The lowest BCUT2D eigenvalue weighted by atomic mass is 9.86. The lowest BCUT2D eigenvalue weighted by Gasteiger charge is -2.44. The summed E-state index contributed by atoms with van der Waals surface area (Å²) >= 11 is 0. The van der Waals surface area contributed by atoms with Crippen LogP contribution in [0.3, 0.4) is 0 Å². The van der Waals surface area contributed by atoms with Crippen molar-refractivity contribution in [2.24, 2.45) is 5.92 Å². The molecule has 3 nitrogen and oxygen atoms in total. The lowest BCUT2D eigenvalue weighted by molar-refractivity contribution is 0.0402. The molecule has 90 valence electrons. The molecule has 0 radical (unpaired) electrons. The van der Waals surface area contributed by atoms with Gasteiger partial charge in [0.15, 0.2) is 0 Å². The highest BCUT2D eigenvalue weighted by Crippen LogP contribution is 2.47. The van der Waals surface area contributed by atoms with Crippen molar-refractivity contribution >= 4 is 8.80 Å². The summed E-state index contributed by atoms with van der Waals surface area (Å²) in [5.74, 6) is 0.696. The van der Waals surface area contributed by atoms with Gasteiger partial charge in [-0.3, -0.25) is 0 Å². The SMILES string of the molecule is CCO[Si](OCC)(OCC)C1CCC1C. The van der Waals surface area contributed by atoms with Gasteiger partial charge in [0.2, 0.25) is 0 Å². The van der Waals surface area contributed by atoms with Gasteiger partial charge in [-0.1, -0.05) is 13.3 Å². The highest BCUT2D eigenvalue weighted by molar-refractivity contribution is 6.62. The predicted molar refractivity (Wildman–Crippen MR) is 62.8 cm³/mol. The Balaban J connectivity index is 2.69. The van der Waals surface area contributed by atoms with E-state index in [1.165, 1.54) is 12.8 Å². The van der Waals surface area contributed by atoms with Gasteiger partial charge in [0.05, 0.1) is 0 Å². The monoisotopic (exact) mass is 232 g/mol. The quantitative estimate of drug-likeness (QED) is 0.632. The molecule has 0 aliphatic heterocycles. The van der Waals surface area contributed by atoms with E-state index in [1.54, 1.807) is 0 Å². The fourth-order valence-corrected chi connectivity index (χ4v) is 5.72. The van der Waals surface area contributed by atoms with Gasteiger partial charge in [-0.25, -0.2) is 0 Å². The van der Waals surface area contributed by atoms with E-state index in [4.69, 9.17) is 13.3 Å². The van der Waals surface area contributed by atoms with Crippen molar-refractivity contribution in [1.82, 2.24) is 0 Å². The highest BCUT2D eigenvalue weighted by Gasteiger charge is 2.54. The highest BCUT2D eigenvalue weighted by atomic mass is 28.4. The third-order valence-corrected chi connectivity index (χ3v) is 6.95. The molecule has 1 rings (SSSR count). The Hall–Kier alpha value is 0.0969. The van der Waals surface area contributed by atoms with Gasteiger partial charge in [0.25, 0.3) is 0 Å². The van der Waals surface area contributed by atoms with Crippen LogP contribution in [0.25, 0.3) is 0 Å². The van der Waals surface area contributed by atoms with Gasteiger partial charge in [-0.05, 0) is 33.1 Å². The molecule has 0 bridgehead atoms. The maximum absolute atomic E-state index is 5.88. The summed E-state index contributed by atoms with van der Waals surface area (Å²) < 4.78 is 17.6. The van der Waals surface area contributed by atoms with Crippen LogP contribution < -0.4 is 0 Å². The molecular formula is C11H24O3Si. The molecule has 1 saturated carbocycles. The topological polar surface area (TPSA) is 27.7 Å². The summed E-state index contributed by atoms with van der Waals surface area (Å²) in [5.41, 5.74) is 0.525. The molecule has 0 aromatic heterocycles. The van der Waals surface area contributed by atoms with Crippen LogP contribution in [0.15, 0.2) is 0 Å². The summed E-state index contributed by atoms with van der Waals surface area (Å²) in [4.78, 5) is 0. The van der Waals surface area contributed by atoms with Crippen LogP contribution in [0.2, 0.25) is 5.54 Å². The third kappa shape index (κ3) is 2.81. The molecule has 1 aliphatic rings. The molecule has 4 heteroatoms. The van der Waals surface area contributed by atoms with Crippen LogP contribution in [0.1, 0.15) is 40.5 Å². The normalized spacial score (nSPS) is 26.4. The molecule has 1 aliphatic carbocycles. The third-order valence-electron chi connectivity index (χ3n) is 3.11. The lowest BCUT2D eigenvalue weighted by Crippen LogP contribution is -2.54. The van der Waals surface area contributed by atoms with E-state index >= 15 is 0 Å². The van der Waals surface area contributed by atoms with Crippen molar-refractivity contribution in [3.63, 3.8) is 0 Å². The summed E-state index contributed by atoms with van der Waals surface area (Å²) in [6.45, 7) is 10.4. The van der Waals surface area contributed by atoms with Gasteiger partial charge in [0.1, 0.15) is 0 Å². The second-order valence-corrected chi connectivity index (χ2v) is 6.88. The summed E-state index contributed by atoms with van der Waals surface area (Å²) in [5, 5.41) is 0. The van der Waals surface area contributed by atoms with Crippen molar-refractivity contribution < 1.29 is 13.3 Å². The number of hydrogen-bond acceptors (Lipinski definition) is 3. The minimum atomic E-state index is -2.38. The van der Waals surface area contributed by atoms with Gasteiger partial charge >= 0.3 is 8.80 Å². The fourth-order valence-electron chi connectivity index (χ4n) is 2.24. The molecule has 0 saturated heterocycles. The van der Waals surface area contributed by atoms with Crippen molar-refractivity contribution in [2.75, 3.05) is 19.8 Å². The first-order valence-electron chi connectivity index (χ1n) is 6.12. The smallest absolute Gasteiger partial charge is 0.374 e. The van der Waals surface area contributed by atoms with E-state index in [1.807, 2.05) is 20.8 Å². The molecule has 2 atom stereocenters. The van der Waals surface area contributed by atoms with E-state index in [-0.39, 0.29) is 0 Å². The van der Waals surface area contributed by atoms with E-state index in [0.717, 1.165) is 0 Å². The summed E-state index contributed by atoms with van der Waals surface area (Å²) in [7, 11) is -2.38. The van der Waals surface area contributed by atoms with E-state index < -0.39 is 8.80 Å². The number of hydrogen-bond donors (Lipinski definition) is 0. The average Bonchev–Trinajstić information content (AvgIpc) is 2.16. The first kappa shape index (κ1) is 13.2. The molecule has 0 aromatic rings. The Kier molecular flexibility index (Phi) is 5.25. The summed E-state index contributed by atoms with van der Waals surface area (Å²) in [6.07, 6.45) is 2.49. The minimum Gasteiger partial charge on any atom is -0.374 e. The minimum absolute atomic E-state index is 0.525. The molecule has 0 spiro atoms. The van der Waals surface area contributed by atoms with Crippen molar-refractivity contribution in [2.45, 2.75) is 46.1 Å². The van der Waals surface area contributed by atoms with Crippen molar-refractivity contribution in [3.8, 4) is 0 Å². The Morgan fingerprint density at radius 3 is 1.60 bits per heavy atom. The first-order valence-corrected chi connectivity index (χ1v) is 7.92. The molecule has 0 N–H and O–H groups in total.